The average molecular weight is 343 g/mol. The van der Waals surface area contributed by atoms with Crippen LogP contribution in [0.5, 0.6) is 0 Å². The predicted molar refractivity (Wildman–Crippen MR) is 57.1 cm³/mol. The first-order chi connectivity index (χ1) is 7.34. The van der Waals surface area contributed by atoms with Gasteiger partial charge in [-0.3, -0.25) is 14.9 Å². The van der Waals surface area contributed by atoms with Gasteiger partial charge in [-0.05, 0) is 22.6 Å². The topological polar surface area (TPSA) is 99.1 Å². The molecule has 1 rings (SSSR count). The zero-order valence-electron chi connectivity index (χ0n) is 7.49. The van der Waals surface area contributed by atoms with E-state index in [1.165, 1.54) is 0 Å². The Hall–Kier alpha value is -1.39. The van der Waals surface area contributed by atoms with Crippen molar-refractivity contribution in [2.24, 2.45) is 5.73 Å². The fraction of sp³-hybridized carbons (Fsp3) is 0.143. The van der Waals surface area contributed by atoms with Gasteiger partial charge in [0, 0.05) is 6.07 Å². The molecule has 6 nitrogen and oxygen atoms in total. The Bertz CT molecular complexity index is 431. The minimum absolute atomic E-state index is 0.0440. The van der Waals surface area contributed by atoms with Crippen molar-refractivity contribution in [3.05, 3.63) is 31.1 Å². The number of hydrogen-bond donors (Lipinski definition) is 1. The van der Waals surface area contributed by atoms with Crippen molar-refractivity contribution in [3.63, 3.8) is 0 Å². The monoisotopic (exact) mass is 343 g/mol. The minimum atomic E-state index is -3.19. The van der Waals surface area contributed by atoms with Crippen LogP contribution in [0.1, 0.15) is 22.5 Å². The molecule has 0 saturated heterocycles. The quantitative estimate of drug-likeness (QED) is 0.390. The smallest absolute Gasteiger partial charge is 0.283 e. The largest absolute Gasteiger partial charge is 0.364 e. The molecule has 0 aromatic carbocycles. The Kier molecular flexibility index (Phi) is 3.67. The Morgan fingerprint density at radius 2 is 2.19 bits per heavy atom. The molecule has 1 aromatic rings. The van der Waals surface area contributed by atoms with Crippen LogP contribution in [0.4, 0.5) is 14.5 Å². The van der Waals surface area contributed by atoms with Crippen molar-refractivity contribution < 1.29 is 18.5 Å². The molecule has 0 fully saturated rings. The molecule has 1 amide bonds. The number of amides is 1. The number of halogens is 3. The molecule has 0 unspecified atom stereocenters. The van der Waals surface area contributed by atoms with Crippen LogP contribution < -0.4 is 5.73 Å². The summed E-state index contributed by atoms with van der Waals surface area (Å²) in [6.45, 7) is 0. The lowest BCUT2D eigenvalue weighted by Gasteiger charge is -2.06. The van der Waals surface area contributed by atoms with Crippen LogP contribution in [0.3, 0.4) is 0 Å². The van der Waals surface area contributed by atoms with Gasteiger partial charge in [0.25, 0.3) is 18.0 Å². The van der Waals surface area contributed by atoms with Gasteiger partial charge in [-0.2, -0.15) is 0 Å². The summed E-state index contributed by atoms with van der Waals surface area (Å²) in [7, 11) is 0. The van der Waals surface area contributed by atoms with Gasteiger partial charge in [-0.15, -0.1) is 0 Å². The second-order valence-electron chi connectivity index (χ2n) is 2.65. The lowest BCUT2D eigenvalue weighted by molar-refractivity contribution is -0.386. The van der Waals surface area contributed by atoms with Crippen LogP contribution in [0.25, 0.3) is 0 Å². The lowest BCUT2D eigenvalue weighted by atomic mass is 10.1. The molecule has 86 valence electrons. The van der Waals surface area contributed by atoms with Crippen molar-refractivity contribution in [3.8, 4) is 0 Å². The number of alkyl halides is 2. The summed E-state index contributed by atoms with van der Waals surface area (Å²) in [5.41, 5.74) is 2.16. The molecule has 0 saturated carbocycles. The van der Waals surface area contributed by atoms with E-state index in [2.05, 4.69) is 4.98 Å². The van der Waals surface area contributed by atoms with Gasteiger partial charge < -0.3 is 5.73 Å². The number of primary amides is 1. The molecule has 0 radical (unpaired) electrons. The van der Waals surface area contributed by atoms with Crippen molar-refractivity contribution in [1.29, 1.82) is 0 Å². The summed E-state index contributed by atoms with van der Waals surface area (Å²) in [5, 5.41) is 10.5. The molecule has 2 N–H and O–H groups in total. The molecular weight excluding hydrogens is 339 g/mol. The Labute approximate surface area is 101 Å². The Balaban J connectivity index is 3.60. The second kappa shape index (κ2) is 4.63. The zero-order chi connectivity index (χ0) is 12.5. The molecule has 16 heavy (non-hydrogen) atoms. The van der Waals surface area contributed by atoms with E-state index in [-0.39, 0.29) is 3.70 Å². The summed E-state index contributed by atoms with van der Waals surface area (Å²) in [6, 6.07) is 0.856. The summed E-state index contributed by atoms with van der Waals surface area (Å²) in [6.07, 6.45) is -3.19. The third-order valence-electron chi connectivity index (χ3n) is 1.65. The number of rotatable bonds is 3. The van der Waals surface area contributed by atoms with Crippen molar-refractivity contribution >= 4 is 34.2 Å². The van der Waals surface area contributed by atoms with E-state index in [0.29, 0.717) is 0 Å². The highest BCUT2D eigenvalue weighted by molar-refractivity contribution is 14.1. The maximum absolute atomic E-state index is 12.6. The van der Waals surface area contributed by atoms with Crippen LogP contribution in [-0.4, -0.2) is 15.8 Å². The van der Waals surface area contributed by atoms with E-state index in [4.69, 9.17) is 5.73 Å². The number of nitro groups is 1. The van der Waals surface area contributed by atoms with Crippen molar-refractivity contribution in [2.45, 2.75) is 6.43 Å². The first-order valence-electron chi connectivity index (χ1n) is 3.77. The first-order valence-corrected chi connectivity index (χ1v) is 4.85. The highest BCUT2D eigenvalue weighted by Crippen LogP contribution is 2.31. The number of nitrogens with zero attached hydrogens (tertiary/aromatic N) is 2. The molecule has 1 heterocycles. The summed E-state index contributed by atoms with van der Waals surface area (Å²) in [4.78, 5) is 23.9. The van der Waals surface area contributed by atoms with Gasteiger partial charge in [-0.25, -0.2) is 13.8 Å². The summed E-state index contributed by atoms with van der Waals surface area (Å²) < 4.78 is 25.2. The number of carbonyl (C=O) groups is 1. The number of aromatic nitrogens is 1. The maximum atomic E-state index is 12.6. The van der Waals surface area contributed by atoms with Gasteiger partial charge in [0.2, 0.25) is 0 Å². The van der Waals surface area contributed by atoms with E-state index in [1.54, 1.807) is 22.6 Å². The normalized spacial score (nSPS) is 10.5. The molecule has 0 aliphatic rings. The molecule has 0 spiro atoms. The van der Waals surface area contributed by atoms with Crippen LogP contribution >= 0.6 is 22.6 Å². The van der Waals surface area contributed by atoms with Crippen molar-refractivity contribution in [1.82, 2.24) is 4.98 Å². The SMILES string of the molecule is NC(=O)c1nc(I)cc([N+](=O)[O-])c1C(F)F. The molecule has 1 aromatic heterocycles. The lowest BCUT2D eigenvalue weighted by Crippen LogP contribution is -2.18. The standard InChI is InChI=1S/C7H4F2IN3O3/c8-6(9)4-2(13(15)16)1-3(10)12-5(4)7(11)14/h1,6H,(H2,11,14). The third-order valence-corrected chi connectivity index (χ3v) is 2.21. The van der Waals surface area contributed by atoms with E-state index < -0.39 is 34.2 Å². The van der Waals surface area contributed by atoms with Gasteiger partial charge in [0.05, 0.1) is 4.92 Å². The average Bonchev–Trinajstić information content (AvgIpc) is 2.15. The Morgan fingerprint density at radius 1 is 1.62 bits per heavy atom. The molecule has 0 aliphatic carbocycles. The van der Waals surface area contributed by atoms with Crippen molar-refractivity contribution in [2.75, 3.05) is 0 Å². The molecule has 0 aliphatic heterocycles. The number of pyridine rings is 1. The van der Waals surface area contributed by atoms with E-state index in [0.717, 1.165) is 6.07 Å². The van der Waals surface area contributed by atoms with Crippen LogP contribution in [0.2, 0.25) is 0 Å². The van der Waals surface area contributed by atoms with Gasteiger partial charge in [0.1, 0.15) is 15.0 Å². The third kappa shape index (κ3) is 2.40. The molecule has 0 bridgehead atoms. The van der Waals surface area contributed by atoms with E-state index >= 15 is 0 Å². The number of hydrogen-bond acceptors (Lipinski definition) is 4. The van der Waals surface area contributed by atoms with E-state index in [9.17, 15) is 23.7 Å². The summed E-state index contributed by atoms with van der Waals surface area (Å²) >= 11 is 1.57. The zero-order valence-corrected chi connectivity index (χ0v) is 9.64. The highest BCUT2D eigenvalue weighted by Gasteiger charge is 2.29. The highest BCUT2D eigenvalue weighted by atomic mass is 127. The van der Waals surface area contributed by atoms with Crippen LogP contribution in [0, 0.1) is 13.8 Å². The molecular formula is C7H4F2IN3O3. The molecule has 9 heteroatoms. The Morgan fingerprint density at radius 3 is 2.56 bits per heavy atom. The van der Waals surface area contributed by atoms with Gasteiger partial charge >= 0.3 is 0 Å². The van der Waals surface area contributed by atoms with Crippen LogP contribution in [0.15, 0.2) is 6.07 Å². The number of nitrogens with two attached hydrogens (primary N) is 1. The van der Waals surface area contributed by atoms with Crippen LogP contribution in [-0.2, 0) is 0 Å². The fourth-order valence-electron chi connectivity index (χ4n) is 1.07. The van der Waals surface area contributed by atoms with Gasteiger partial charge in [-0.1, -0.05) is 0 Å². The molecule has 0 atom stereocenters. The minimum Gasteiger partial charge on any atom is -0.364 e. The second-order valence-corrected chi connectivity index (χ2v) is 3.75. The summed E-state index contributed by atoms with van der Waals surface area (Å²) in [5.74, 6) is -1.23. The van der Waals surface area contributed by atoms with E-state index in [1.807, 2.05) is 0 Å². The maximum Gasteiger partial charge on any atom is 0.283 e. The van der Waals surface area contributed by atoms with Gasteiger partial charge in [0.15, 0.2) is 0 Å². The fourth-order valence-corrected chi connectivity index (χ4v) is 1.60. The first kappa shape index (κ1) is 12.7. The predicted octanol–water partition coefficient (Wildman–Crippen LogP) is 1.63. The number of carbonyl (C=O) groups excluding carboxylic acids is 1.